The highest BCUT2D eigenvalue weighted by Gasteiger charge is 2.45. The lowest BCUT2D eigenvalue weighted by atomic mass is 9.87. The van der Waals surface area contributed by atoms with E-state index in [-0.39, 0.29) is 12.2 Å². The molecular weight excluding hydrogens is 318 g/mol. The number of rotatable bonds is 7. The Kier molecular flexibility index (Phi) is 6.02. The van der Waals surface area contributed by atoms with Gasteiger partial charge in [0.2, 0.25) is 0 Å². The maximum absolute atomic E-state index is 12.3. The minimum Gasteiger partial charge on any atom is -0.462 e. The van der Waals surface area contributed by atoms with Crippen LogP contribution in [0.4, 0.5) is 0 Å². The van der Waals surface area contributed by atoms with Crippen molar-refractivity contribution in [3.8, 4) is 0 Å². The second-order valence-corrected chi connectivity index (χ2v) is 6.39. The van der Waals surface area contributed by atoms with Crippen molar-refractivity contribution in [2.45, 2.75) is 32.3 Å². The van der Waals surface area contributed by atoms with E-state index in [1.165, 1.54) is 0 Å². The molecule has 1 aromatic carbocycles. The number of ether oxygens (including phenoxy) is 2. The van der Waals surface area contributed by atoms with Crippen LogP contribution >= 0.6 is 0 Å². The lowest BCUT2D eigenvalue weighted by molar-refractivity contribution is -0.149. The Morgan fingerprint density at radius 1 is 1.28 bits per heavy atom. The zero-order chi connectivity index (χ0) is 18.4. The van der Waals surface area contributed by atoms with Crippen molar-refractivity contribution in [2.24, 2.45) is 0 Å². The molecule has 0 radical (unpaired) electrons. The Balaban J connectivity index is 2.34. The first kappa shape index (κ1) is 18.8. The molecule has 0 aliphatic carbocycles. The van der Waals surface area contributed by atoms with E-state index in [1.54, 1.807) is 19.2 Å². The molecule has 2 rings (SSSR count). The van der Waals surface area contributed by atoms with Crippen LogP contribution in [0.3, 0.4) is 0 Å². The van der Waals surface area contributed by atoms with Gasteiger partial charge in [-0.05, 0) is 44.5 Å². The summed E-state index contributed by atoms with van der Waals surface area (Å²) in [5, 5.41) is 0. The first-order valence-corrected chi connectivity index (χ1v) is 8.41. The SMILES string of the molecule is CCOC(=O)C1=C(/C=C/N(C)C)C(C)(CCc2ccccc2)OC1=O. The molecule has 0 aromatic heterocycles. The zero-order valence-corrected chi connectivity index (χ0v) is 15.2. The van der Waals surface area contributed by atoms with Crippen LogP contribution in [0.25, 0.3) is 0 Å². The van der Waals surface area contributed by atoms with Crippen molar-refractivity contribution in [3.05, 3.63) is 59.3 Å². The first-order chi connectivity index (χ1) is 11.9. The molecule has 1 heterocycles. The molecule has 5 heteroatoms. The van der Waals surface area contributed by atoms with Gasteiger partial charge >= 0.3 is 11.9 Å². The van der Waals surface area contributed by atoms with Crippen LogP contribution < -0.4 is 0 Å². The Morgan fingerprint density at radius 2 is 1.96 bits per heavy atom. The van der Waals surface area contributed by atoms with Gasteiger partial charge < -0.3 is 14.4 Å². The third-order valence-electron chi connectivity index (χ3n) is 4.11. The quantitative estimate of drug-likeness (QED) is 0.563. The third kappa shape index (κ3) is 4.50. The Hall–Kier alpha value is -2.56. The van der Waals surface area contributed by atoms with Gasteiger partial charge in [0.25, 0.3) is 0 Å². The summed E-state index contributed by atoms with van der Waals surface area (Å²) in [6.45, 7) is 3.76. The van der Waals surface area contributed by atoms with Crippen molar-refractivity contribution < 1.29 is 19.1 Å². The molecule has 0 saturated carbocycles. The number of hydrogen-bond acceptors (Lipinski definition) is 5. The summed E-state index contributed by atoms with van der Waals surface area (Å²) in [5.74, 6) is -1.25. The standard InChI is InChI=1S/C20H25NO4/c1-5-24-18(22)17-16(12-14-21(3)4)20(2,25-19(17)23)13-11-15-9-7-6-8-10-15/h6-10,12,14H,5,11,13H2,1-4H3/b14-12+. The number of aryl methyl sites for hydroxylation is 1. The predicted molar refractivity (Wildman–Crippen MR) is 95.7 cm³/mol. The lowest BCUT2D eigenvalue weighted by Gasteiger charge is -2.25. The number of hydrogen-bond donors (Lipinski definition) is 0. The average Bonchev–Trinajstić information content (AvgIpc) is 2.82. The second kappa shape index (κ2) is 8.01. The molecule has 1 aliphatic rings. The zero-order valence-electron chi connectivity index (χ0n) is 15.2. The molecule has 1 atom stereocenters. The summed E-state index contributed by atoms with van der Waals surface area (Å²) >= 11 is 0. The predicted octanol–water partition coefficient (Wildman–Crippen LogP) is 2.87. The fourth-order valence-electron chi connectivity index (χ4n) is 2.78. The third-order valence-corrected chi connectivity index (χ3v) is 4.11. The van der Waals surface area contributed by atoms with E-state index in [1.807, 2.05) is 56.3 Å². The lowest BCUT2D eigenvalue weighted by Crippen LogP contribution is -2.28. The molecule has 1 aromatic rings. The topological polar surface area (TPSA) is 55.8 Å². The molecule has 5 nitrogen and oxygen atoms in total. The molecule has 1 aliphatic heterocycles. The van der Waals surface area contributed by atoms with Gasteiger partial charge in [-0.15, -0.1) is 0 Å². The van der Waals surface area contributed by atoms with Crippen molar-refractivity contribution in [1.29, 1.82) is 0 Å². The summed E-state index contributed by atoms with van der Waals surface area (Å²) in [7, 11) is 3.75. The molecule has 0 spiro atoms. The summed E-state index contributed by atoms with van der Waals surface area (Å²) in [6, 6.07) is 9.98. The van der Waals surface area contributed by atoms with E-state index in [9.17, 15) is 9.59 Å². The Bertz CT molecular complexity index is 691. The minimum atomic E-state index is -0.860. The fourth-order valence-corrected chi connectivity index (χ4v) is 2.78. The fraction of sp³-hybridized carbons (Fsp3) is 0.400. The summed E-state index contributed by atoms with van der Waals surface area (Å²) in [6.07, 6.45) is 4.89. The number of carbonyl (C=O) groups is 2. The summed E-state index contributed by atoms with van der Waals surface area (Å²) in [4.78, 5) is 26.4. The molecule has 1 unspecified atom stereocenters. The molecule has 0 bridgehead atoms. The van der Waals surface area contributed by atoms with Crippen molar-refractivity contribution in [3.63, 3.8) is 0 Å². The highest BCUT2D eigenvalue weighted by Crippen LogP contribution is 2.38. The smallest absolute Gasteiger partial charge is 0.346 e. The van der Waals surface area contributed by atoms with E-state index < -0.39 is 17.5 Å². The Labute approximate surface area is 148 Å². The van der Waals surface area contributed by atoms with E-state index in [4.69, 9.17) is 9.47 Å². The van der Waals surface area contributed by atoms with Crippen LogP contribution in [-0.4, -0.2) is 43.1 Å². The summed E-state index contributed by atoms with van der Waals surface area (Å²) < 4.78 is 10.7. The van der Waals surface area contributed by atoms with E-state index in [0.717, 1.165) is 12.0 Å². The number of carbonyl (C=O) groups excluding carboxylic acids is 2. The maximum Gasteiger partial charge on any atom is 0.346 e. The minimum absolute atomic E-state index is 0.00416. The molecular formula is C20H25NO4. The van der Waals surface area contributed by atoms with Gasteiger partial charge in [0.05, 0.1) is 6.61 Å². The van der Waals surface area contributed by atoms with E-state index >= 15 is 0 Å². The van der Waals surface area contributed by atoms with Gasteiger partial charge in [0.1, 0.15) is 5.60 Å². The van der Waals surface area contributed by atoms with Crippen LogP contribution in [-0.2, 0) is 25.5 Å². The monoisotopic (exact) mass is 343 g/mol. The van der Waals surface area contributed by atoms with Crippen molar-refractivity contribution >= 4 is 11.9 Å². The normalized spacial score (nSPS) is 20.1. The maximum atomic E-state index is 12.3. The molecule has 0 saturated heterocycles. The van der Waals surface area contributed by atoms with E-state index in [2.05, 4.69) is 0 Å². The van der Waals surface area contributed by atoms with Crippen LogP contribution in [0.1, 0.15) is 25.8 Å². The van der Waals surface area contributed by atoms with Crippen molar-refractivity contribution in [2.75, 3.05) is 20.7 Å². The van der Waals surface area contributed by atoms with Crippen LogP contribution in [0.15, 0.2) is 53.8 Å². The van der Waals surface area contributed by atoms with Gasteiger partial charge in [0, 0.05) is 19.7 Å². The molecule has 25 heavy (non-hydrogen) atoms. The van der Waals surface area contributed by atoms with Crippen LogP contribution in [0, 0.1) is 0 Å². The number of nitrogens with zero attached hydrogens (tertiary/aromatic N) is 1. The number of esters is 2. The summed E-state index contributed by atoms with van der Waals surface area (Å²) in [5.41, 5.74) is 0.859. The van der Waals surface area contributed by atoms with Crippen LogP contribution in [0.5, 0.6) is 0 Å². The van der Waals surface area contributed by atoms with Crippen LogP contribution in [0.2, 0.25) is 0 Å². The molecule has 0 fully saturated rings. The average molecular weight is 343 g/mol. The molecule has 134 valence electrons. The van der Waals surface area contributed by atoms with Gasteiger partial charge in [0.15, 0.2) is 5.57 Å². The highest BCUT2D eigenvalue weighted by atomic mass is 16.6. The van der Waals surface area contributed by atoms with Gasteiger partial charge in [-0.25, -0.2) is 9.59 Å². The van der Waals surface area contributed by atoms with Gasteiger partial charge in [-0.1, -0.05) is 30.3 Å². The number of benzene rings is 1. The van der Waals surface area contributed by atoms with Gasteiger partial charge in [-0.3, -0.25) is 0 Å². The highest BCUT2D eigenvalue weighted by molar-refractivity contribution is 6.17. The second-order valence-electron chi connectivity index (χ2n) is 6.39. The Morgan fingerprint density at radius 3 is 2.56 bits per heavy atom. The van der Waals surface area contributed by atoms with Crippen molar-refractivity contribution in [1.82, 2.24) is 4.90 Å². The first-order valence-electron chi connectivity index (χ1n) is 8.41. The van der Waals surface area contributed by atoms with E-state index in [0.29, 0.717) is 12.0 Å². The van der Waals surface area contributed by atoms with Gasteiger partial charge in [-0.2, -0.15) is 0 Å². The molecule has 0 amide bonds. The number of cyclic esters (lactones) is 1. The largest absolute Gasteiger partial charge is 0.462 e. The molecule has 0 N–H and O–H groups in total.